The zero-order valence-electron chi connectivity index (χ0n) is 31.0. The lowest BCUT2D eigenvalue weighted by molar-refractivity contribution is -0.149. The molecule has 12 nitrogen and oxygen atoms in total. The smallest absolute Gasteiger partial charge is 0.407 e. The average molecular weight is 722 g/mol. The lowest BCUT2D eigenvalue weighted by Crippen LogP contribution is -2.57. The Balaban J connectivity index is 1.50. The highest BCUT2D eigenvalue weighted by molar-refractivity contribution is 5.98. The van der Waals surface area contributed by atoms with Crippen LogP contribution in [0.5, 0.6) is 5.75 Å². The normalized spacial score (nSPS) is 15.4. The largest absolute Gasteiger partial charge is 0.507 e. The molecule has 12 heteroatoms. The highest BCUT2D eigenvalue weighted by Crippen LogP contribution is 2.25. The highest BCUT2D eigenvalue weighted by atomic mass is 16.6. The van der Waals surface area contributed by atoms with Gasteiger partial charge < -0.3 is 35.8 Å². The Labute approximate surface area is 310 Å². The maximum atomic E-state index is 14.1. The predicted molar refractivity (Wildman–Crippen MR) is 205 cm³/mol. The van der Waals surface area contributed by atoms with E-state index in [1.165, 1.54) is 18.0 Å². The first-order valence-electron chi connectivity index (χ1n) is 17.2. The van der Waals surface area contributed by atoms with Gasteiger partial charge in [-0.2, -0.15) is 0 Å². The van der Waals surface area contributed by atoms with Gasteiger partial charge in [-0.3, -0.25) is 19.4 Å². The number of benzene rings is 3. The summed E-state index contributed by atoms with van der Waals surface area (Å²) < 4.78 is 11.0. The van der Waals surface area contributed by atoms with Crippen LogP contribution < -0.4 is 16.4 Å². The van der Waals surface area contributed by atoms with Crippen LogP contribution in [0, 0.1) is 24.7 Å². The Hall–Kier alpha value is -5.93. The van der Waals surface area contributed by atoms with Crippen LogP contribution in [0.15, 0.2) is 77.3 Å². The Morgan fingerprint density at radius 2 is 1.79 bits per heavy atom. The number of carbonyl (C=O) groups excluding carboxylic acids is 4. The number of alkyl carbamates (subject to hydrolysis) is 1. The Morgan fingerprint density at radius 1 is 1.09 bits per heavy atom. The lowest BCUT2D eigenvalue weighted by Gasteiger charge is -2.37. The minimum absolute atomic E-state index is 0.00728. The van der Waals surface area contributed by atoms with E-state index in [0.717, 1.165) is 11.1 Å². The van der Waals surface area contributed by atoms with E-state index in [-0.39, 0.29) is 55.9 Å². The van der Waals surface area contributed by atoms with Gasteiger partial charge >= 0.3 is 6.09 Å². The van der Waals surface area contributed by atoms with Gasteiger partial charge in [-0.25, -0.2) is 4.79 Å². The molecular formula is C41H47N5O7. The van der Waals surface area contributed by atoms with Crippen molar-refractivity contribution in [1.29, 1.82) is 0 Å². The number of aryl methyl sites for hydroxylation is 1. The first kappa shape index (κ1) is 39.8. The molecule has 0 bridgehead atoms. The van der Waals surface area contributed by atoms with E-state index in [4.69, 9.17) is 15.2 Å². The Kier molecular flexibility index (Phi) is 13.5. The number of phenols is 1. The fourth-order valence-corrected chi connectivity index (χ4v) is 5.56. The number of hydrogen-bond acceptors (Lipinski definition) is 9. The van der Waals surface area contributed by atoms with Crippen molar-refractivity contribution < 1.29 is 33.8 Å². The summed E-state index contributed by atoms with van der Waals surface area (Å²) in [5.74, 6) is 4.53. The molecule has 1 fully saturated rings. The van der Waals surface area contributed by atoms with Crippen molar-refractivity contribution in [3.63, 3.8) is 0 Å². The van der Waals surface area contributed by atoms with Crippen LogP contribution in [-0.2, 0) is 25.5 Å². The van der Waals surface area contributed by atoms with Gasteiger partial charge in [-0.05, 0) is 83.0 Å². The number of nitrogens with one attached hydrogen (secondary N) is 2. The summed E-state index contributed by atoms with van der Waals surface area (Å²) in [5.41, 5.74) is 10.2. The van der Waals surface area contributed by atoms with Gasteiger partial charge in [0.15, 0.2) is 5.78 Å². The molecule has 1 aliphatic rings. The second kappa shape index (κ2) is 18.0. The summed E-state index contributed by atoms with van der Waals surface area (Å²) in [6.45, 7) is 9.00. The third kappa shape index (κ3) is 11.5. The number of nitrogens with two attached hydrogens (primary N) is 1. The molecule has 3 aromatic rings. The molecule has 3 aromatic carbocycles. The summed E-state index contributed by atoms with van der Waals surface area (Å²) >= 11 is 0. The number of carbonyl (C=O) groups is 4. The topological polar surface area (TPSA) is 173 Å². The first-order chi connectivity index (χ1) is 25.1. The zero-order valence-corrected chi connectivity index (χ0v) is 31.0. The van der Waals surface area contributed by atoms with Gasteiger partial charge in [0.2, 0.25) is 11.8 Å². The standard InChI is InChI=1S/C41H47N5O7/c1-26-7-18-36(48)34(21-26)37(42)31(23-43-6)15-8-28-11-16-33(17-12-28)45-38(49)35-25-52-20-19-46(35)39(50)32(24-44-40(51)53-41(3,4)5)22-29-9-13-30(14-10-29)27(2)47/h7,9-14,16-18,21,23,32,35,48H,19-20,22,24-25,42H2,1-6H3,(H,44,51)(H,45,49)/t32-,35?/m1/s1. The summed E-state index contributed by atoms with van der Waals surface area (Å²) in [5, 5.41) is 15.9. The molecule has 2 atom stereocenters. The van der Waals surface area contributed by atoms with Crippen molar-refractivity contribution in [2.45, 2.75) is 52.7 Å². The molecule has 5 N–H and O–H groups in total. The number of anilines is 1. The van der Waals surface area contributed by atoms with Gasteiger partial charge in [-0.15, -0.1) is 0 Å². The number of ether oxygens (including phenoxy) is 2. The molecule has 0 spiro atoms. The molecule has 4 rings (SSSR count). The van der Waals surface area contributed by atoms with Gasteiger partial charge in [0, 0.05) is 48.7 Å². The number of nitrogens with zero attached hydrogens (tertiary/aromatic N) is 2. The molecule has 53 heavy (non-hydrogen) atoms. The van der Waals surface area contributed by atoms with E-state index in [2.05, 4.69) is 27.5 Å². The van der Waals surface area contributed by atoms with Crippen LogP contribution in [0.25, 0.3) is 5.70 Å². The number of Topliss-reactive ketones (excluding diaryl/α,β-unsaturated/α-hetero) is 1. The van der Waals surface area contributed by atoms with Crippen molar-refractivity contribution in [3.05, 3.63) is 100 Å². The van der Waals surface area contributed by atoms with Crippen LogP contribution in [-0.4, -0.2) is 84.9 Å². The van der Waals surface area contributed by atoms with Crippen LogP contribution in [0.4, 0.5) is 10.5 Å². The van der Waals surface area contributed by atoms with Gasteiger partial charge in [0.05, 0.1) is 30.4 Å². The van der Waals surface area contributed by atoms with Crippen molar-refractivity contribution in [2.24, 2.45) is 16.6 Å². The van der Waals surface area contributed by atoms with Gasteiger partial charge in [0.25, 0.3) is 0 Å². The van der Waals surface area contributed by atoms with E-state index >= 15 is 0 Å². The fourth-order valence-electron chi connectivity index (χ4n) is 5.56. The third-order valence-electron chi connectivity index (χ3n) is 8.28. The van der Waals surface area contributed by atoms with Crippen LogP contribution in [0.1, 0.15) is 60.3 Å². The number of aromatic hydroxyl groups is 1. The molecule has 1 saturated heterocycles. The molecule has 0 saturated carbocycles. The maximum Gasteiger partial charge on any atom is 0.407 e. The molecule has 1 aliphatic heterocycles. The number of ketones is 1. The zero-order chi connectivity index (χ0) is 38.7. The molecular weight excluding hydrogens is 674 g/mol. The number of morpholine rings is 1. The minimum Gasteiger partial charge on any atom is -0.507 e. The summed E-state index contributed by atoms with van der Waals surface area (Å²) in [6.07, 6.45) is 1.12. The Bertz CT molecular complexity index is 1930. The minimum atomic E-state index is -0.929. The second-order valence-corrected chi connectivity index (χ2v) is 13.7. The molecule has 0 aromatic heterocycles. The van der Waals surface area contributed by atoms with Crippen LogP contribution in [0.3, 0.4) is 0 Å². The van der Waals surface area contributed by atoms with Crippen molar-refractivity contribution in [1.82, 2.24) is 10.2 Å². The SMILES string of the molecule is CN=CC(C#Cc1ccc(NC(=O)C2COCCN2C(=O)[C@@H](CNC(=O)OC(C)(C)C)Cc2ccc(C(C)=O)cc2)cc1)=C(N)c1cc(C)ccc1O. The van der Waals surface area contributed by atoms with E-state index in [1.54, 1.807) is 94.5 Å². The molecule has 1 heterocycles. The van der Waals surface area contributed by atoms with Crippen LogP contribution in [0.2, 0.25) is 0 Å². The van der Waals surface area contributed by atoms with Gasteiger partial charge in [-0.1, -0.05) is 47.7 Å². The molecule has 278 valence electrons. The quantitative estimate of drug-likeness (QED) is 0.130. The van der Waals surface area contributed by atoms with E-state index in [0.29, 0.717) is 28.0 Å². The second-order valence-electron chi connectivity index (χ2n) is 13.7. The Morgan fingerprint density at radius 3 is 2.43 bits per heavy atom. The monoisotopic (exact) mass is 721 g/mol. The number of phenolic OH excluding ortho intramolecular Hbond substituents is 1. The fraction of sp³-hybridized carbons (Fsp3) is 0.341. The highest BCUT2D eigenvalue weighted by Gasteiger charge is 2.36. The number of rotatable bonds is 10. The molecule has 1 unspecified atom stereocenters. The van der Waals surface area contributed by atoms with E-state index < -0.39 is 29.6 Å². The first-order valence-corrected chi connectivity index (χ1v) is 17.2. The number of allylic oxidation sites excluding steroid dienone is 1. The summed E-state index contributed by atoms with van der Waals surface area (Å²) in [4.78, 5) is 57.6. The van der Waals surface area contributed by atoms with Crippen molar-refractivity contribution in [3.8, 4) is 17.6 Å². The molecule has 0 aliphatic carbocycles. The molecule has 3 amide bonds. The van der Waals surface area contributed by atoms with Crippen molar-refractivity contribution >= 4 is 41.3 Å². The summed E-state index contributed by atoms with van der Waals surface area (Å²) in [6, 6.07) is 18.0. The van der Waals surface area contributed by atoms with E-state index in [9.17, 15) is 24.3 Å². The lowest BCUT2D eigenvalue weighted by atomic mass is 9.95. The number of hydrogen-bond donors (Lipinski definition) is 4. The third-order valence-corrected chi connectivity index (χ3v) is 8.28. The predicted octanol–water partition coefficient (Wildman–Crippen LogP) is 4.87. The average Bonchev–Trinajstić information content (AvgIpc) is 3.12. The molecule has 0 radical (unpaired) electrons. The maximum absolute atomic E-state index is 14.1. The number of amides is 3. The summed E-state index contributed by atoms with van der Waals surface area (Å²) in [7, 11) is 1.60. The van der Waals surface area contributed by atoms with Crippen molar-refractivity contribution in [2.75, 3.05) is 38.7 Å². The van der Waals surface area contributed by atoms with Crippen LogP contribution >= 0.6 is 0 Å². The van der Waals surface area contributed by atoms with Gasteiger partial charge in [0.1, 0.15) is 17.4 Å². The number of aliphatic imine (C=N–C) groups is 1. The van der Waals surface area contributed by atoms with E-state index in [1.807, 2.05) is 6.92 Å².